The van der Waals surface area contributed by atoms with Gasteiger partial charge in [-0.2, -0.15) is 0 Å². The van der Waals surface area contributed by atoms with Gasteiger partial charge in [0, 0.05) is 36.8 Å². The zero-order valence-electron chi connectivity index (χ0n) is 23.4. The van der Waals surface area contributed by atoms with E-state index in [0.717, 1.165) is 23.2 Å². The summed E-state index contributed by atoms with van der Waals surface area (Å²) in [6.45, 7) is 5.71. The van der Waals surface area contributed by atoms with Crippen LogP contribution in [0.1, 0.15) is 55.1 Å². The SMILES string of the molecule is CCOC(=O)C(Cc1conc1C1CCCN1C(=O)Cc1ccc(NC(=O)Nc2ccccc2C)cc1)NC(C)=O. The number of carbonyl (C=O) groups is 4. The number of benzene rings is 2. The molecule has 0 radical (unpaired) electrons. The molecule has 0 aliphatic carbocycles. The lowest BCUT2D eigenvalue weighted by Gasteiger charge is -2.24. The van der Waals surface area contributed by atoms with Crippen molar-refractivity contribution >= 4 is 35.2 Å². The molecule has 0 bridgehead atoms. The Balaban J connectivity index is 1.38. The molecule has 216 valence electrons. The summed E-state index contributed by atoms with van der Waals surface area (Å²) in [5.74, 6) is -0.963. The third-order valence-electron chi connectivity index (χ3n) is 6.90. The fraction of sp³-hybridized carbons (Fsp3) is 0.367. The van der Waals surface area contributed by atoms with Crippen molar-refractivity contribution in [2.75, 3.05) is 23.8 Å². The highest BCUT2D eigenvalue weighted by Crippen LogP contribution is 2.34. The van der Waals surface area contributed by atoms with Crippen LogP contribution in [0.25, 0.3) is 0 Å². The average molecular weight is 562 g/mol. The molecule has 11 heteroatoms. The van der Waals surface area contributed by atoms with Crippen molar-refractivity contribution < 1.29 is 28.4 Å². The molecule has 3 N–H and O–H groups in total. The molecule has 2 heterocycles. The molecule has 1 saturated heterocycles. The number of nitrogens with one attached hydrogen (secondary N) is 3. The molecule has 2 unspecified atom stereocenters. The zero-order chi connectivity index (χ0) is 29.4. The first-order chi connectivity index (χ1) is 19.7. The lowest BCUT2D eigenvalue weighted by atomic mass is 10.0. The fourth-order valence-electron chi connectivity index (χ4n) is 4.92. The molecule has 41 heavy (non-hydrogen) atoms. The lowest BCUT2D eigenvalue weighted by Crippen LogP contribution is -2.42. The fourth-order valence-corrected chi connectivity index (χ4v) is 4.92. The van der Waals surface area contributed by atoms with Gasteiger partial charge in [-0.05, 0) is 56.0 Å². The van der Waals surface area contributed by atoms with Gasteiger partial charge in [0.25, 0.3) is 0 Å². The summed E-state index contributed by atoms with van der Waals surface area (Å²) < 4.78 is 10.4. The molecular weight excluding hydrogens is 526 g/mol. The number of hydrogen-bond acceptors (Lipinski definition) is 7. The summed E-state index contributed by atoms with van der Waals surface area (Å²) in [7, 11) is 0. The second-order valence-corrected chi connectivity index (χ2v) is 9.95. The molecule has 1 aliphatic rings. The van der Waals surface area contributed by atoms with Crippen LogP contribution in [0.2, 0.25) is 0 Å². The van der Waals surface area contributed by atoms with Gasteiger partial charge in [0.15, 0.2) is 0 Å². The Morgan fingerprint density at radius 2 is 1.85 bits per heavy atom. The van der Waals surface area contributed by atoms with Crippen molar-refractivity contribution in [1.29, 1.82) is 0 Å². The third-order valence-corrected chi connectivity index (χ3v) is 6.90. The number of urea groups is 1. The van der Waals surface area contributed by atoms with Crippen molar-refractivity contribution in [2.24, 2.45) is 0 Å². The van der Waals surface area contributed by atoms with Gasteiger partial charge in [-0.1, -0.05) is 35.5 Å². The summed E-state index contributed by atoms with van der Waals surface area (Å²) in [6, 6.07) is 13.1. The number of rotatable bonds is 10. The van der Waals surface area contributed by atoms with Gasteiger partial charge in [0.05, 0.1) is 19.1 Å². The van der Waals surface area contributed by atoms with Crippen molar-refractivity contribution in [3.05, 3.63) is 77.2 Å². The van der Waals surface area contributed by atoms with E-state index in [4.69, 9.17) is 9.26 Å². The Morgan fingerprint density at radius 1 is 1.10 bits per heavy atom. The van der Waals surface area contributed by atoms with E-state index in [9.17, 15) is 19.2 Å². The van der Waals surface area contributed by atoms with Gasteiger partial charge in [0.1, 0.15) is 18.0 Å². The van der Waals surface area contributed by atoms with Gasteiger partial charge < -0.3 is 30.1 Å². The van der Waals surface area contributed by atoms with Crippen molar-refractivity contribution in [3.63, 3.8) is 0 Å². The Labute approximate surface area is 238 Å². The number of anilines is 2. The molecule has 0 saturated carbocycles. The van der Waals surface area contributed by atoms with E-state index in [0.29, 0.717) is 29.9 Å². The minimum absolute atomic E-state index is 0.0664. The van der Waals surface area contributed by atoms with Crippen LogP contribution >= 0.6 is 0 Å². The summed E-state index contributed by atoms with van der Waals surface area (Å²) in [5, 5.41) is 12.4. The minimum Gasteiger partial charge on any atom is -0.464 e. The second kappa shape index (κ2) is 13.6. The molecule has 11 nitrogen and oxygen atoms in total. The van der Waals surface area contributed by atoms with Crippen LogP contribution in [0.3, 0.4) is 0 Å². The normalized spacial score (nSPS) is 15.2. The maximum absolute atomic E-state index is 13.3. The number of amides is 4. The van der Waals surface area contributed by atoms with Gasteiger partial charge in [-0.15, -0.1) is 0 Å². The molecule has 4 amide bonds. The summed E-state index contributed by atoms with van der Waals surface area (Å²) in [5.41, 5.74) is 4.32. The Hall–Kier alpha value is -4.67. The summed E-state index contributed by atoms with van der Waals surface area (Å²) in [6.07, 6.45) is 3.27. The van der Waals surface area contributed by atoms with Gasteiger partial charge in [-0.3, -0.25) is 9.59 Å². The number of para-hydroxylation sites is 1. The van der Waals surface area contributed by atoms with Crippen LogP contribution in [0.4, 0.5) is 16.2 Å². The Kier molecular flexibility index (Phi) is 9.73. The van der Waals surface area contributed by atoms with Gasteiger partial charge >= 0.3 is 12.0 Å². The van der Waals surface area contributed by atoms with Crippen LogP contribution in [0.15, 0.2) is 59.3 Å². The zero-order valence-corrected chi connectivity index (χ0v) is 23.4. The molecule has 4 rings (SSSR count). The highest BCUT2D eigenvalue weighted by atomic mass is 16.5. The molecule has 2 aromatic carbocycles. The van der Waals surface area contributed by atoms with Gasteiger partial charge in [-0.25, -0.2) is 9.59 Å². The third kappa shape index (κ3) is 7.71. The molecular formula is C30H35N5O6. The number of ether oxygens (including phenoxy) is 1. The molecule has 0 spiro atoms. The quantitative estimate of drug-likeness (QED) is 0.316. The maximum atomic E-state index is 13.3. The van der Waals surface area contributed by atoms with Crippen LogP contribution in [-0.4, -0.2) is 53.1 Å². The van der Waals surface area contributed by atoms with E-state index in [2.05, 4.69) is 21.1 Å². The van der Waals surface area contributed by atoms with E-state index in [-0.39, 0.29) is 43.3 Å². The predicted octanol–water partition coefficient (Wildman–Crippen LogP) is 4.14. The van der Waals surface area contributed by atoms with Crippen LogP contribution in [0, 0.1) is 6.92 Å². The lowest BCUT2D eigenvalue weighted by molar-refractivity contribution is -0.147. The summed E-state index contributed by atoms with van der Waals surface area (Å²) >= 11 is 0. The number of aromatic nitrogens is 1. The van der Waals surface area contributed by atoms with E-state index < -0.39 is 12.0 Å². The largest absolute Gasteiger partial charge is 0.464 e. The topological polar surface area (TPSA) is 143 Å². The summed E-state index contributed by atoms with van der Waals surface area (Å²) in [4.78, 5) is 51.6. The number of nitrogens with zero attached hydrogens (tertiary/aromatic N) is 2. The first kappa shape index (κ1) is 29.3. The van der Waals surface area contributed by atoms with Crippen LogP contribution in [0.5, 0.6) is 0 Å². The molecule has 1 aliphatic heterocycles. The standard InChI is InChI=1S/C30H35N5O6/c1-4-40-29(38)25(31-20(3)36)17-22-18-41-34-28(22)26-10-7-15-35(26)27(37)16-21-11-13-23(14-12-21)32-30(39)33-24-9-6-5-8-19(24)2/h5-6,8-9,11-14,18,25-26H,4,7,10,15-17H2,1-3H3,(H,31,36)(H2,32,33,39). The number of esters is 1. The van der Waals surface area contributed by atoms with Crippen molar-refractivity contribution in [1.82, 2.24) is 15.4 Å². The maximum Gasteiger partial charge on any atom is 0.328 e. The highest BCUT2D eigenvalue weighted by molar-refractivity contribution is 6.00. The number of carbonyl (C=O) groups excluding carboxylic acids is 4. The number of likely N-dealkylation sites (tertiary alicyclic amines) is 1. The van der Waals surface area contributed by atoms with E-state index in [1.807, 2.05) is 43.3 Å². The monoisotopic (exact) mass is 561 g/mol. The Bertz CT molecular complexity index is 1390. The van der Waals surface area contributed by atoms with Crippen molar-refractivity contribution in [2.45, 2.75) is 58.5 Å². The number of aryl methyl sites for hydroxylation is 1. The van der Waals surface area contributed by atoms with Crippen molar-refractivity contribution in [3.8, 4) is 0 Å². The minimum atomic E-state index is -0.887. The first-order valence-corrected chi connectivity index (χ1v) is 13.6. The molecule has 1 fully saturated rings. The number of hydrogen-bond donors (Lipinski definition) is 3. The highest BCUT2D eigenvalue weighted by Gasteiger charge is 2.35. The second-order valence-electron chi connectivity index (χ2n) is 9.95. The predicted molar refractivity (Wildman–Crippen MR) is 152 cm³/mol. The van der Waals surface area contributed by atoms with E-state index in [1.54, 1.807) is 24.0 Å². The Morgan fingerprint density at radius 3 is 2.56 bits per heavy atom. The smallest absolute Gasteiger partial charge is 0.328 e. The van der Waals surface area contributed by atoms with Crippen LogP contribution < -0.4 is 16.0 Å². The molecule has 3 aromatic rings. The first-order valence-electron chi connectivity index (χ1n) is 13.6. The molecule has 2 atom stereocenters. The van der Waals surface area contributed by atoms with Crippen LogP contribution in [-0.2, 0) is 32.0 Å². The van der Waals surface area contributed by atoms with E-state index >= 15 is 0 Å². The molecule has 1 aromatic heterocycles. The average Bonchev–Trinajstić information content (AvgIpc) is 3.60. The van der Waals surface area contributed by atoms with Gasteiger partial charge in [0.2, 0.25) is 11.8 Å². The van der Waals surface area contributed by atoms with E-state index in [1.165, 1.54) is 13.2 Å².